The van der Waals surface area contributed by atoms with Gasteiger partial charge in [-0.1, -0.05) is 12.1 Å². The van der Waals surface area contributed by atoms with Crippen molar-refractivity contribution in [2.45, 2.75) is 30.0 Å². The molecule has 80 valence electrons. The van der Waals surface area contributed by atoms with Crippen molar-refractivity contribution in [2.75, 3.05) is 5.32 Å². The molecule has 1 amide bonds. The molecule has 0 fully saturated rings. The molecule has 3 N–H and O–H groups in total. The van der Waals surface area contributed by atoms with Crippen LogP contribution >= 0.6 is 11.8 Å². The number of nitrogens with two attached hydrogens (primary N) is 1. The Hall–Kier alpha value is -1.00. The molecule has 0 radical (unpaired) electrons. The van der Waals surface area contributed by atoms with E-state index in [0.29, 0.717) is 6.54 Å². The summed E-state index contributed by atoms with van der Waals surface area (Å²) >= 11 is 1.58. The summed E-state index contributed by atoms with van der Waals surface area (Å²) in [6.07, 6.45) is 0. The monoisotopic (exact) mass is 222 g/mol. The SMILES string of the molecule is CC1(C)Sc2c(CN)cccc2NC1=O. The lowest BCUT2D eigenvalue weighted by molar-refractivity contribution is -0.117. The van der Waals surface area contributed by atoms with Crippen LogP contribution in [0.25, 0.3) is 0 Å². The van der Waals surface area contributed by atoms with Crippen molar-refractivity contribution in [2.24, 2.45) is 5.73 Å². The van der Waals surface area contributed by atoms with Gasteiger partial charge in [-0.25, -0.2) is 0 Å². The van der Waals surface area contributed by atoms with Crippen LogP contribution in [0.2, 0.25) is 0 Å². The van der Waals surface area contributed by atoms with Crippen LogP contribution in [0.4, 0.5) is 5.69 Å². The third-order valence-electron chi connectivity index (χ3n) is 2.47. The van der Waals surface area contributed by atoms with Gasteiger partial charge in [-0.15, -0.1) is 11.8 Å². The highest BCUT2D eigenvalue weighted by molar-refractivity contribution is 8.01. The van der Waals surface area contributed by atoms with Crippen LogP contribution in [0.5, 0.6) is 0 Å². The summed E-state index contributed by atoms with van der Waals surface area (Å²) < 4.78 is -0.418. The van der Waals surface area contributed by atoms with E-state index in [0.717, 1.165) is 16.1 Å². The average molecular weight is 222 g/mol. The molecule has 2 rings (SSSR count). The topological polar surface area (TPSA) is 55.1 Å². The Bertz CT molecular complexity index is 415. The Kier molecular flexibility index (Phi) is 2.48. The molecular weight excluding hydrogens is 208 g/mol. The molecule has 0 bridgehead atoms. The quantitative estimate of drug-likeness (QED) is 0.763. The highest BCUT2D eigenvalue weighted by Gasteiger charge is 2.35. The zero-order chi connectivity index (χ0) is 11.1. The Morgan fingerprint density at radius 1 is 1.47 bits per heavy atom. The molecule has 1 aliphatic heterocycles. The first-order chi connectivity index (χ1) is 7.04. The molecule has 0 spiro atoms. The number of hydrogen-bond donors (Lipinski definition) is 2. The summed E-state index contributed by atoms with van der Waals surface area (Å²) in [6, 6.07) is 5.83. The van der Waals surface area contributed by atoms with Gasteiger partial charge in [0.2, 0.25) is 5.91 Å². The Morgan fingerprint density at radius 2 is 2.20 bits per heavy atom. The summed E-state index contributed by atoms with van der Waals surface area (Å²) in [6.45, 7) is 4.34. The van der Waals surface area contributed by atoms with Gasteiger partial charge in [-0.2, -0.15) is 0 Å². The van der Waals surface area contributed by atoms with E-state index in [1.54, 1.807) is 11.8 Å². The molecule has 4 heteroatoms. The molecule has 0 saturated heterocycles. The minimum absolute atomic E-state index is 0.0502. The van der Waals surface area contributed by atoms with Gasteiger partial charge in [0.1, 0.15) is 0 Å². The van der Waals surface area contributed by atoms with E-state index in [9.17, 15) is 4.79 Å². The number of benzene rings is 1. The predicted octanol–water partition coefficient (Wildman–Crippen LogP) is 1.97. The smallest absolute Gasteiger partial charge is 0.240 e. The van der Waals surface area contributed by atoms with Gasteiger partial charge in [-0.3, -0.25) is 4.79 Å². The summed E-state index contributed by atoms with van der Waals surface area (Å²) in [5.41, 5.74) is 7.64. The van der Waals surface area contributed by atoms with Gasteiger partial charge < -0.3 is 11.1 Å². The van der Waals surface area contributed by atoms with Gasteiger partial charge in [0.15, 0.2) is 0 Å². The molecule has 0 unspecified atom stereocenters. The Balaban J connectivity index is 2.50. The molecule has 1 aromatic carbocycles. The van der Waals surface area contributed by atoms with Crippen LogP contribution in [-0.4, -0.2) is 10.7 Å². The first-order valence-electron chi connectivity index (χ1n) is 4.87. The van der Waals surface area contributed by atoms with Crippen molar-refractivity contribution >= 4 is 23.4 Å². The summed E-state index contributed by atoms with van der Waals surface area (Å²) in [7, 11) is 0. The van der Waals surface area contributed by atoms with Crippen LogP contribution in [0.15, 0.2) is 23.1 Å². The average Bonchev–Trinajstić information content (AvgIpc) is 2.18. The molecule has 0 atom stereocenters. The number of hydrogen-bond acceptors (Lipinski definition) is 3. The summed E-state index contributed by atoms with van der Waals surface area (Å²) in [5, 5.41) is 2.91. The molecule has 1 aromatic rings. The van der Waals surface area contributed by atoms with Crippen molar-refractivity contribution in [3.63, 3.8) is 0 Å². The Labute approximate surface area is 93.4 Å². The highest BCUT2D eigenvalue weighted by Crippen LogP contribution is 2.43. The van der Waals surface area contributed by atoms with Gasteiger partial charge >= 0.3 is 0 Å². The lowest BCUT2D eigenvalue weighted by Gasteiger charge is -2.30. The van der Waals surface area contributed by atoms with Crippen LogP contribution in [0.1, 0.15) is 19.4 Å². The van der Waals surface area contributed by atoms with Crippen LogP contribution in [0, 0.1) is 0 Å². The lowest BCUT2D eigenvalue weighted by atomic mass is 10.1. The van der Waals surface area contributed by atoms with Crippen molar-refractivity contribution < 1.29 is 4.79 Å². The third kappa shape index (κ3) is 1.75. The molecule has 0 aromatic heterocycles. The molecule has 1 aliphatic rings. The summed E-state index contributed by atoms with van der Waals surface area (Å²) in [4.78, 5) is 12.8. The maximum absolute atomic E-state index is 11.7. The molecule has 0 aliphatic carbocycles. The van der Waals surface area contributed by atoms with E-state index in [1.807, 2.05) is 32.0 Å². The van der Waals surface area contributed by atoms with Gasteiger partial charge in [0, 0.05) is 11.4 Å². The second-order valence-electron chi connectivity index (χ2n) is 4.06. The zero-order valence-electron chi connectivity index (χ0n) is 8.83. The van der Waals surface area contributed by atoms with E-state index >= 15 is 0 Å². The molecule has 3 nitrogen and oxygen atoms in total. The number of amides is 1. The fourth-order valence-electron chi connectivity index (χ4n) is 1.54. The van der Waals surface area contributed by atoms with E-state index in [2.05, 4.69) is 5.32 Å². The zero-order valence-corrected chi connectivity index (χ0v) is 9.65. The molecular formula is C11H14N2OS. The van der Waals surface area contributed by atoms with E-state index in [4.69, 9.17) is 5.73 Å². The maximum Gasteiger partial charge on any atom is 0.240 e. The first-order valence-corrected chi connectivity index (χ1v) is 5.68. The third-order valence-corrected chi connectivity index (χ3v) is 3.85. The highest BCUT2D eigenvalue weighted by atomic mass is 32.2. The van der Waals surface area contributed by atoms with E-state index < -0.39 is 4.75 Å². The minimum atomic E-state index is -0.418. The van der Waals surface area contributed by atoms with Gasteiger partial charge in [0.05, 0.1) is 10.4 Å². The first kappa shape index (κ1) is 10.5. The van der Waals surface area contributed by atoms with Gasteiger partial charge in [-0.05, 0) is 25.5 Å². The van der Waals surface area contributed by atoms with Crippen molar-refractivity contribution in [3.8, 4) is 0 Å². The number of carbonyl (C=O) groups is 1. The number of nitrogens with one attached hydrogen (secondary N) is 1. The van der Waals surface area contributed by atoms with Crippen molar-refractivity contribution in [1.29, 1.82) is 0 Å². The number of rotatable bonds is 1. The number of anilines is 1. The summed E-state index contributed by atoms with van der Waals surface area (Å²) in [5.74, 6) is 0.0502. The van der Waals surface area contributed by atoms with Crippen LogP contribution < -0.4 is 11.1 Å². The minimum Gasteiger partial charge on any atom is -0.326 e. The number of carbonyl (C=O) groups excluding carboxylic acids is 1. The normalized spacial score (nSPS) is 18.2. The van der Waals surface area contributed by atoms with E-state index in [-0.39, 0.29) is 5.91 Å². The lowest BCUT2D eigenvalue weighted by Crippen LogP contribution is -2.37. The van der Waals surface area contributed by atoms with Crippen LogP contribution in [-0.2, 0) is 11.3 Å². The number of fused-ring (bicyclic) bond motifs is 1. The fraction of sp³-hybridized carbons (Fsp3) is 0.364. The second-order valence-corrected chi connectivity index (χ2v) is 5.70. The largest absolute Gasteiger partial charge is 0.326 e. The maximum atomic E-state index is 11.7. The van der Waals surface area contributed by atoms with Crippen molar-refractivity contribution in [1.82, 2.24) is 0 Å². The fourth-order valence-corrected chi connectivity index (χ4v) is 2.70. The van der Waals surface area contributed by atoms with Crippen molar-refractivity contribution in [3.05, 3.63) is 23.8 Å². The van der Waals surface area contributed by atoms with E-state index in [1.165, 1.54) is 0 Å². The Morgan fingerprint density at radius 3 is 2.87 bits per heavy atom. The predicted molar refractivity (Wildman–Crippen MR) is 62.9 cm³/mol. The second kappa shape index (κ2) is 3.54. The molecule has 1 heterocycles. The molecule has 15 heavy (non-hydrogen) atoms. The van der Waals surface area contributed by atoms with Gasteiger partial charge in [0.25, 0.3) is 0 Å². The molecule has 0 saturated carbocycles. The van der Waals surface area contributed by atoms with Crippen LogP contribution in [0.3, 0.4) is 0 Å². The number of thioether (sulfide) groups is 1. The standard InChI is InChI=1S/C11H14N2OS/c1-11(2)10(14)13-8-5-3-4-7(6-12)9(8)15-11/h3-5H,6,12H2,1-2H3,(H,13,14).